The Balaban J connectivity index is 1.05. The molecule has 0 radical (unpaired) electrons. The van der Waals surface area contributed by atoms with E-state index in [9.17, 15) is 0 Å². The van der Waals surface area contributed by atoms with E-state index in [1.54, 1.807) is 0 Å². The van der Waals surface area contributed by atoms with Gasteiger partial charge in [0.25, 0.3) is 0 Å². The molecule has 0 aliphatic heterocycles. The highest BCUT2D eigenvalue weighted by Crippen LogP contribution is 2.50. The average Bonchev–Trinajstić information content (AvgIpc) is 3.87. The highest BCUT2D eigenvalue weighted by Gasteiger charge is 2.35. The Kier molecular flexibility index (Phi) is 6.48. The molecule has 0 saturated carbocycles. The van der Waals surface area contributed by atoms with Crippen molar-refractivity contribution in [1.82, 2.24) is 19.1 Å². The van der Waals surface area contributed by atoms with Gasteiger partial charge in [-0.25, -0.2) is 9.97 Å². The van der Waals surface area contributed by atoms with Crippen molar-refractivity contribution in [3.05, 3.63) is 193 Å². The summed E-state index contributed by atoms with van der Waals surface area (Å²) in [5.74, 6) is 0.830. The van der Waals surface area contributed by atoms with Crippen molar-refractivity contribution in [2.45, 2.75) is 19.3 Å². The Morgan fingerprint density at radius 2 is 1.08 bits per heavy atom. The van der Waals surface area contributed by atoms with Crippen LogP contribution in [0.2, 0.25) is 0 Å². The summed E-state index contributed by atoms with van der Waals surface area (Å²) in [7, 11) is 0. The summed E-state index contributed by atoms with van der Waals surface area (Å²) < 4.78 is 4.77. The minimum Gasteiger partial charge on any atom is -0.309 e. The second-order valence-corrected chi connectivity index (χ2v) is 16.6. The molecule has 1 aliphatic rings. The first-order chi connectivity index (χ1) is 29.0. The molecule has 12 aromatic rings. The number of fused-ring (bicyclic) bond motifs is 13. The van der Waals surface area contributed by atoms with Gasteiger partial charge < -0.3 is 4.57 Å². The summed E-state index contributed by atoms with van der Waals surface area (Å²) in [4.78, 5) is 10.9. The van der Waals surface area contributed by atoms with Gasteiger partial charge in [-0.1, -0.05) is 135 Å². The van der Waals surface area contributed by atoms with Crippen molar-refractivity contribution >= 4 is 76.2 Å². The highest BCUT2D eigenvalue weighted by molar-refractivity contribution is 6.21. The normalized spacial score (nSPS) is 13.4. The molecule has 0 atom stereocenters. The van der Waals surface area contributed by atoms with E-state index in [1.165, 1.54) is 76.4 Å². The van der Waals surface area contributed by atoms with E-state index in [1.807, 2.05) is 12.1 Å². The fourth-order valence-electron chi connectivity index (χ4n) is 10.3. The van der Waals surface area contributed by atoms with Crippen LogP contribution < -0.4 is 0 Å². The van der Waals surface area contributed by atoms with E-state index in [-0.39, 0.29) is 5.41 Å². The monoisotopic (exact) mass is 752 g/mol. The van der Waals surface area contributed by atoms with Crippen LogP contribution in [0.25, 0.3) is 110 Å². The molecule has 0 bridgehead atoms. The summed E-state index contributed by atoms with van der Waals surface area (Å²) in [5, 5.41) is 9.82. The third kappa shape index (κ3) is 4.49. The van der Waals surface area contributed by atoms with Gasteiger partial charge >= 0.3 is 0 Å². The zero-order chi connectivity index (χ0) is 39.0. The molecule has 9 aromatic carbocycles. The van der Waals surface area contributed by atoms with Crippen molar-refractivity contribution in [2.75, 3.05) is 0 Å². The molecule has 0 unspecified atom stereocenters. The summed E-state index contributed by atoms with van der Waals surface area (Å²) in [6.07, 6.45) is 0. The van der Waals surface area contributed by atoms with Crippen LogP contribution in [0, 0.1) is 0 Å². The number of aromatic nitrogens is 4. The van der Waals surface area contributed by atoms with E-state index in [0.717, 1.165) is 44.8 Å². The SMILES string of the molecule is CC1(C)c2ccccc2-c2ccc(-c3nc4ccccc4nc3-n3c4ccccc4c4cc5cc(-n6c7ccccc7c7c8ccccc8ccc76)ccc5cc43)cc21. The Morgan fingerprint density at radius 1 is 0.407 bits per heavy atom. The number of hydrogen-bond donors (Lipinski definition) is 0. The van der Waals surface area contributed by atoms with Crippen LogP contribution in [0.15, 0.2) is 182 Å². The average molecular weight is 753 g/mol. The Morgan fingerprint density at radius 3 is 1.95 bits per heavy atom. The third-order valence-electron chi connectivity index (χ3n) is 13.1. The van der Waals surface area contributed by atoms with Gasteiger partial charge in [0.1, 0.15) is 5.69 Å². The van der Waals surface area contributed by atoms with Crippen molar-refractivity contribution in [1.29, 1.82) is 0 Å². The largest absolute Gasteiger partial charge is 0.309 e. The number of para-hydroxylation sites is 4. The molecule has 59 heavy (non-hydrogen) atoms. The quantitative estimate of drug-likeness (QED) is 0.180. The fourth-order valence-corrected chi connectivity index (χ4v) is 10.3. The zero-order valence-corrected chi connectivity index (χ0v) is 32.6. The molecule has 0 N–H and O–H groups in total. The Hall–Kier alpha value is -7.56. The van der Waals surface area contributed by atoms with Crippen LogP contribution in [0.4, 0.5) is 0 Å². The molecule has 13 rings (SSSR count). The second-order valence-electron chi connectivity index (χ2n) is 16.6. The fraction of sp³-hybridized carbons (Fsp3) is 0.0545. The number of benzene rings is 9. The van der Waals surface area contributed by atoms with Crippen molar-refractivity contribution in [3.8, 4) is 33.9 Å². The van der Waals surface area contributed by atoms with E-state index < -0.39 is 0 Å². The molecule has 3 heterocycles. The topological polar surface area (TPSA) is 35.6 Å². The number of rotatable bonds is 3. The van der Waals surface area contributed by atoms with Crippen LogP contribution >= 0.6 is 0 Å². The van der Waals surface area contributed by atoms with Gasteiger partial charge in [0.15, 0.2) is 5.82 Å². The van der Waals surface area contributed by atoms with Crippen molar-refractivity contribution in [2.24, 2.45) is 0 Å². The minimum atomic E-state index is -0.135. The van der Waals surface area contributed by atoms with Gasteiger partial charge in [0.05, 0.1) is 33.1 Å². The first-order valence-electron chi connectivity index (χ1n) is 20.4. The van der Waals surface area contributed by atoms with E-state index in [0.29, 0.717) is 0 Å². The van der Waals surface area contributed by atoms with E-state index in [4.69, 9.17) is 9.97 Å². The Labute approximate surface area is 340 Å². The van der Waals surface area contributed by atoms with Crippen LogP contribution in [-0.4, -0.2) is 19.1 Å². The molecular weight excluding hydrogens is 717 g/mol. The van der Waals surface area contributed by atoms with Crippen LogP contribution in [0.3, 0.4) is 0 Å². The molecule has 4 heteroatoms. The summed E-state index contributed by atoms with van der Waals surface area (Å²) in [5.41, 5.74) is 14.6. The van der Waals surface area contributed by atoms with E-state index in [2.05, 4.69) is 193 Å². The first-order valence-corrected chi connectivity index (χ1v) is 20.4. The summed E-state index contributed by atoms with van der Waals surface area (Å²) >= 11 is 0. The lowest BCUT2D eigenvalue weighted by Crippen LogP contribution is -2.15. The highest BCUT2D eigenvalue weighted by atomic mass is 15.1. The van der Waals surface area contributed by atoms with Gasteiger partial charge in [0.2, 0.25) is 0 Å². The van der Waals surface area contributed by atoms with Crippen molar-refractivity contribution in [3.63, 3.8) is 0 Å². The molecular formula is C55H36N4. The van der Waals surface area contributed by atoms with Crippen molar-refractivity contribution < 1.29 is 0 Å². The third-order valence-corrected chi connectivity index (χ3v) is 13.1. The van der Waals surface area contributed by atoms with Crippen LogP contribution in [0.5, 0.6) is 0 Å². The van der Waals surface area contributed by atoms with Crippen LogP contribution in [0.1, 0.15) is 25.0 Å². The molecule has 0 amide bonds. The summed E-state index contributed by atoms with van der Waals surface area (Å²) in [6, 6.07) is 66.3. The Bertz CT molecular complexity index is 3770. The zero-order valence-electron chi connectivity index (χ0n) is 32.6. The number of nitrogens with zero attached hydrogens (tertiary/aromatic N) is 4. The lowest BCUT2D eigenvalue weighted by molar-refractivity contribution is 0.660. The van der Waals surface area contributed by atoms with Gasteiger partial charge in [-0.15, -0.1) is 0 Å². The van der Waals surface area contributed by atoms with Crippen LogP contribution in [-0.2, 0) is 5.41 Å². The van der Waals surface area contributed by atoms with Gasteiger partial charge in [-0.2, -0.15) is 0 Å². The van der Waals surface area contributed by atoms with Gasteiger partial charge in [0, 0.05) is 38.2 Å². The van der Waals surface area contributed by atoms with E-state index >= 15 is 0 Å². The molecule has 0 saturated heterocycles. The smallest absolute Gasteiger partial charge is 0.165 e. The molecule has 276 valence electrons. The minimum absolute atomic E-state index is 0.135. The first kappa shape index (κ1) is 32.5. The molecule has 3 aromatic heterocycles. The molecule has 4 nitrogen and oxygen atoms in total. The molecule has 0 fully saturated rings. The lowest BCUT2D eigenvalue weighted by atomic mass is 9.82. The maximum absolute atomic E-state index is 5.47. The lowest BCUT2D eigenvalue weighted by Gasteiger charge is -2.22. The number of hydrogen-bond acceptors (Lipinski definition) is 2. The maximum atomic E-state index is 5.47. The summed E-state index contributed by atoms with van der Waals surface area (Å²) in [6.45, 7) is 4.67. The molecule has 0 spiro atoms. The van der Waals surface area contributed by atoms with Gasteiger partial charge in [-0.3, -0.25) is 4.57 Å². The predicted molar refractivity (Wildman–Crippen MR) is 246 cm³/mol. The molecule has 1 aliphatic carbocycles. The second kappa shape index (κ2) is 11.7. The maximum Gasteiger partial charge on any atom is 0.165 e. The van der Waals surface area contributed by atoms with Gasteiger partial charge in [-0.05, 0) is 104 Å². The standard InChI is InChI=1S/C55H36N4/c1-55(2)44-18-8-5-15-39(44)40-27-24-35(31-45(40)55)53-54(57-47-20-10-9-19-46(47)56-53)59-48-21-11-6-16-41(48)43-30-36-29-37(26-23-34(36)32-51(43)59)58-49-22-12-7-17-42(49)52-38-14-4-3-13-33(38)25-28-50(52)58/h3-32H,1-2H3. The predicted octanol–water partition coefficient (Wildman–Crippen LogP) is 14.1.